The lowest BCUT2D eigenvalue weighted by molar-refractivity contribution is 0.0678. The van der Waals surface area contributed by atoms with Crippen molar-refractivity contribution in [3.8, 4) is 0 Å². The molecule has 1 atom stereocenters. The van der Waals surface area contributed by atoms with Crippen LogP contribution in [0.5, 0.6) is 0 Å². The minimum absolute atomic E-state index is 0.0302. The number of nitrogens with one attached hydrogen (secondary N) is 1. The van der Waals surface area contributed by atoms with Crippen LogP contribution in [0.2, 0.25) is 0 Å². The predicted octanol–water partition coefficient (Wildman–Crippen LogP) is 2.87. The van der Waals surface area contributed by atoms with Gasteiger partial charge in [0, 0.05) is 13.1 Å². The van der Waals surface area contributed by atoms with Crippen molar-refractivity contribution >= 4 is 17.4 Å². The fourth-order valence-electron chi connectivity index (χ4n) is 3.30. The topological polar surface area (TPSA) is 52.6 Å². The van der Waals surface area contributed by atoms with Gasteiger partial charge in [0.05, 0.1) is 12.1 Å². The number of carbonyl (C=O) groups is 1. The molecule has 5 heteroatoms. The number of rotatable bonds is 6. The second kappa shape index (κ2) is 7.27. The molecule has 0 aromatic carbocycles. The lowest BCUT2D eigenvalue weighted by Crippen LogP contribution is -2.54. The molecule has 1 aromatic heterocycles. The van der Waals surface area contributed by atoms with Crippen LogP contribution in [-0.4, -0.2) is 41.3 Å². The van der Waals surface area contributed by atoms with Crippen molar-refractivity contribution in [2.24, 2.45) is 5.92 Å². The number of amides is 2. The van der Waals surface area contributed by atoms with Gasteiger partial charge in [-0.3, -0.25) is 0 Å². The van der Waals surface area contributed by atoms with Gasteiger partial charge in [-0.15, -0.1) is 0 Å². The summed E-state index contributed by atoms with van der Waals surface area (Å²) in [5, 5.41) is 17.0. The zero-order valence-electron chi connectivity index (χ0n) is 13.0. The Labute approximate surface area is 131 Å². The number of aliphatic hydroxyl groups excluding tert-OH is 1. The molecule has 2 heterocycles. The van der Waals surface area contributed by atoms with E-state index in [1.807, 2.05) is 4.90 Å². The average molecular weight is 310 g/mol. The first-order chi connectivity index (χ1) is 10.1. The van der Waals surface area contributed by atoms with Gasteiger partial charge in [0.15, 0.2) is 0 Å². The Kier molecular flexibility index (Phi) is 5.65. The predicted molar refractivity (Wildman–Crippen MR) is 86.6 cm³/mol. The van der Waals surface area contributed by atoms with E-state index in [9.17, 15) is 9.90 Å². The second-order valence-electron chi connectivity index (χ2n) is 6.35. The molecule has 0 bridgehead atoms. The molecule has 118 valence electrons. The molecule has 1 saturated heterocycles. The average Bonchev–Trinajstić information content (AvgIpc) is 3.08. The van der Waals surface area contributed by atoms with E-state index in [0.29, 0.717) is 12.5 Å². The summed E-state index contributed by atoms with van der Waals surface area (Å²) < 4.78 is 0. The Morgan fingerprint density at radius 2 is 2.38 bits per heavy atom. The lowest BCUT2D eigenvalue weighted by atomic mass is 9.87. The summed E-state index contributed by atoms with van der Waals surface area (Å²) in [6.07, 6.45) is 3.60. The summed E-state index contributed by atoms with van der Waals surface area (Å²) in [4.78, 5) is 14.3. The van der Waals surface area contributed by atoms with Crippen molar-refractivity contribution in [3.63, 3.8) is 0 Å². The zero-order chi connectivity index (χ0) is 15.3. The van der Waals surface area contributed by atoms with Crippen LogP contribution < -0.4 is 5.32 Å². The van der Waals surface area contributed by atoms with Crippen LogP contribution in [0, 0.1) is 5.92 Å². The number of hydrogen-bond acceptors (Lipinski definition) is 3. The SMILES string of the molecule is CC(C)CC1(CO)CCCN1C(=O)NCCc1ccsc1. The van der Waals surface area contributed by atoms with E-state index in [1.165, 1.54) is 5.56 Å². The van der Waals surface area contributed by atoms with E-state index in [0.717, 1.165) is 32.2 Å². The number of likely N-dealkylation sites (tertiary alicyclic amines) is 1. The Morgan fingerprint density at radius 1 is 1.57 bits per heavy atom. The molecule has 1 aliphatic heterocycles. The quantitative estimate of drug-likeness (QED) is 0.849. The summed E-state index contributed by atoms with van der Waals surface area (Å²) >= 11 is 1.68. The fraction of sp³-hybridized carbons (Fsp3) is 0.688. The van der Waals surface area contributed by atoms with Crippen LogP contribution in [0.1, 0.15) is 38.7 Å². The van der Waals surface area contributed by atoms with Gasteiger partial charge in [0.25, 0.3) is 0 Å². The maximum absolute atomic E-state index is 12.4. The van der Waals surface area contributed by atoms with E-state index < -0.39 is 0 Å². The monoisotopic (exact) mass is 310 g/mol. The summed E-state index contributed by atoms with van der Waals surface area (Å²) in [6, 6.07) is 2.06. The van der Waals surface area contributed by atoms with E-state index in [2.05, 4.69) is 36.0 Å². The van der Waals surface area contributed by atoms with E-state index >= 15 is 0 Å². The minimum atomic E-state index is -0.360. The van der Waals surface area contributed by atoms with Gasteiger partial charge in [0.1, 0.15) is 0 Å². The Morgan fingerprint density at radius 3 is 3.00 bits per heavy atom. The third-order valence-corrected chi connectivity index (χ3v) is 4.93. The smallest absolute Gasteiger partial charge is 0.317 e. The molecule has 2 amide bonds. The first-order valence-electron chi connectivity index (χ1n) is 7.75. The second-order valence-corrected chi connectivity index (χ2v) is 7.13. The summed E-state index contributed by atoms with van der Waals surface area (Å²) in [7, 11) is 0. The third-order valence-electron chi connectivity index (χ3n) is 4.19. The summed E-state index contributed by atoms with van der Waals surface area (Å²) in [5.41, 5.74) is 0.901. The highest BCUT2D eigenvalue weighted by Gasteiger charge is 2.43. The fourth-order valence-corrected chi connectivity index (χ4v) is 4.00. The molecule has 1 unspecified atom stereocenters. The molecule has 0 aliphatic carbocycles. The van der Waals surface area contributed by atoms with Crippen LogP contribution in [0.25, 0.3) is 0 Å². The molecule has 0 spiro atoms. The maximum Gasteiger partial charge on any atom is 0.317 e. The van der Waals surface area contributed by atoms with Gasteiger partial charge in [-0.05, 0) is 54.0 Å². The van der Waals surface area contributed by atoms with Crippen molar-refractivity contribution in [2.75, 3.05) is 19.7 Å². The van der Waals surface area contributed by atoms with E-state index in [-0.39, 0.29) is 18.2 Å². The van der Waals surface area contributed by atoms with Crippen LogP contribution >= 0.6 is 11.3 Å². The number of carbonyl (C=O) groups excluding carboxylic acids is 1. The summed E-state index contributed by atoms with van der Waals surface area (Å²) in [5.74, 6) is 0.469. The van der Waals surface area contributed by atoms with Crippen molar-refractivity contribution in [1.29, 1.82) is 0 Å². The van der Waals surface area contributed by atoms with Gasteiger partial charge in [0.2, 0.25) is 0 Å². The Balaban J connectivity index is 1.90. The highest BCUT2D eigenvalue weighted by atomic mass is 32.1. The van der Waals surface area contributed by atoms with Gasteiger partial charge in [-0.25, -0.2) is 4.79 Å². The van der Waals surface area contributed by atoms with Crippen LogP contribution in [0.4, 0.5) is 4.79 Å². The number of thiophene rings is 1. The molecule has 1 aromatic rings. The Bertz CT molecular complexity index is 447. The number of aliphatic hydroxyl groups is 1. The first-order valence-corrected chi connectivity index (χ1v) is 8.69. The molecule has 1 fully saturated rings. The van der Waals surface area contributed by atoms with Crippen molar-refractivity contribution < 1.29 is 9.90 Å². The number of hydrogen-bond donors (Lipinski definition) is 2. The van der Waals surface area contributed by atoms with Crippen LogP contribution in [0.15, 0.2) is 16.8 Å². The molecule has 2 N–H and O–H groups in total. The minimum Gasteiger partial charge on any atom is -0.394 e. The highest BCUT2D eigenvalue weighted by molar-refractivity contribution is 7.07. The van der Waals surface area contributed by atoms with Crippen LogP contribution in [0.3, 0.4) is 0 Å². The zero-order valence-corrected chi connectivity index (χ0v) is 13.8. The molecule has 21 heavy (non-hydrogen) atoms. The van der Waals surface area contributed by atoms with E-state index in [1.54, 1.807) is 11.3 Å². The maximum atomic E-state index is 12.4. The Hall–Kier alpha value is -1.07. The van der Waals surface area contributed by atoms with Crippen molar-refractivity contribution in [2.45, 2.75) is 45.1 Å². The van der Waals surface area contributed by atoms with Crippen molar-refractivity contribution in [1.82, 2.24) is 10.2 Å². The largest absolute Gasteiger partial charge is 0.394 e. The van der Waals surface area contributed by atoms with Crippen molar-refractivity contribution in [3.05, 3.63) is 22.4 Å². The molecule has 0 saturated carbocycles. The molecular weight excluding hydrogens is 284 g/mol. The summed E-state index contributed by atoms with van der Waals surface area (Å²) in [6.45, 7) is 5.74. The van der Waals surface area contributed by atoms with Gasteiger partial charge in [-0.1, -0.05) is 13.8 Å². The molecule has 0 radical (unpaired) electrons. The standard InChI is InChI=1S/C16H26N2O2S/c1-13(2)10-16(12-19)6-3-8-18(16)15(20)17-7-4-14-5-9-21-11-14/h5,9,11,13,19H,3-4,6-8,10,12H2,1-2H3,(H,17,20). The van der Waals surface area contributed by atoms with E-state index in [4.69, 9.17) is 0 Å². The van der Waals surface area contributed by atoms with Gasteiger partial charge < -0.3 is 15.3 Å². The van der Waals surface area contributed by atoms with Crippen LogP contribution in [-0.2, 0) is 6.42 Å². The first kappa shape index (κ1) is 16.3. The lowest BCUT2D eigenvalue weighted by Gasteiger charge is -2.38. The number of nitrogens with zero attached hydrogens (tertiary/aromatic N) is 1. The normalized spacial score (nSPS) is 22.0. The molecular formula is C16H26N2O2S. The number of urea groups is 1. The molecule has 2 rings (SSSR count). The van der Waals surface area contributed by atoms with Gasteiger partial charge >= 0.3 is 6.03 Å². The highest BCUT2D eigenvalue weighted by Crippen LogP contribution is 2.34. The molecule has 1 aliphatic rings. The van der Waals surface area contributed by atoms with Gasteiger partial charge in [-0.2, -0.15) is 11.3 Å². The third kappa shape index (κ3) is 3.98. The molecule has 4 nitrogen and oxygen atoms in total.